The molecule has 0 aliphatic rings. The van der Waals surface area contributed by atoms with Gasteiger partial charge in [0.25, 0.3) is 0 Å². The van der Waals surface area contributed by atoms with E-state index in [1.54, 1.807) is 17.5 Å². The van der Waals surface area contributed by atoms with Crippen molar-refractivity contribution in [2.45, 2.75) is 39.3 Å². The van der Waals surface area contributed by atoms with Crippen molar-refractivity contribution in [2.75, 3.05) is 6.61 Å². The van der Waals surface area contributed by atoms with E-state index in [4.69, 9.17) is 16.3 Å². The molecule has 7 heteroatoms. The molecule has 3 aromatic heterocycles. The first-order valence-electron chi connectivity index (χ1n) is 7.99. The topological polar surface area (TPSA) is 39.9 Å². The number of aryl methyl sites for hydroxylation is 1. The number of rotatable bonds is 6. The Kier molecular flexibility index (Phi) is 5.10. The first kappa shape index (κ1) is 17.6. The highest BCUT2D eigenvalue weighted by molar-refractivity contribution is 7.13. The van der Waals surface area contributed by atoms with E-state index in [1.807, 2.05) is 22.9 Å². The van der Waals surface area contributed by atoms with Crippen LogP contribution in [0, 0.1) is 6.92 Å². The average Bonchev–Trinajstić information content (AvgIpc) is 3.07. The Morgan fingerprint density at radius 3 is 2.79 bits per heavy atom. The van der Waals surface area contributed by atoms with Crippen molar-refractivity contribution >= 4 is 42.0 Å². The number of fused-ring (bicyclic) bond motifs is 1. The fourth-order valence-electron chi connectivity index (χ4n) is 2.46. The maximum atomic E-state index is 6.44. The molecule has 4 nitrogen and oxygen atoms in total. The molecular formula is C17H22ClN3OSSi. The molecule has 3 rings (SSSR count). The van der Waals surface area contributed by atoms with Crippen molar-refractivity contribution in [2.24, 2.45) is 0 Å². The minimum atomic E-state index is -1.08. The lowest BCUT2D eigenvalue weighted by molar-refractivity contribution is 0.0899. The van der Waals surface area contributed by atoms with Crippen molar-refractivity contribution in [1.29, 1.82) is 0 Å². The van der Waals surface area contributed by atoms with Crippen molar-refractivity contribution in [3.05, 3.63) is 34.6 Å². The Hall–Kier alpha value is -1.21. The summed E-state index contributed by atoms with van der Waals surface area (Å²) in [6, 6.07) is 2.98. The zero-order valence-electron chi connectivity index (χ0n) is 14.5. The Bertz CT molecular complexity index is 853. The Morgan fingerprint density at radius 2 is 2.12 bits per heavy atom. The van der Waals surface area contributed by atoms with Gasteiger partial charge in [-0.15, -0.1) is 11.3 Å². The quantitative estimate of drug-likeness (QED) is 0.423. The molecular weight excluding hydrogens is 358 g/mol. The number of ether oxygens (including phenoxy) is 1. The zero-order chi connectivity index (χ0) is 17.3. The van der Waals surface area contributed by atoms with Gasteiger partial charge < -0.3 is 9.30 Å². The van der Waals surface area contributed by atoms with Crippen molar-refractivity contribution in [3.8, 4) is 10.6 Å². The van der Waals surface area contributed by atoms with Gasteiger partial charge in [0.2, 0.25) is 0 Å². The maximum absolute atomic E-state index is 6.44. The normalized spacial score (nSPS) is 12.2. The lowest BCUT2D eigenvalue weighted by Gasteiger charge is -2.15. The molecule has 0 N–H and O–H groups in total. The molecule has 3 heterocycles. The van der Waals surface area contributed by atoms with Crippen LogP contribution in [0.1, 0.15) is 5.69 Å². The van der Waals surface area contributed by atoms with Gasteiger partial charge in [0.05, 0.1) is 5.02 Å². The highest BCUT2D eigenvalue weighted by atomic mass is 35.5. The molecule has 0 fully saturated rings. The number of hydrogen-bond acceptors (Lipinski definition) is 4. The van der Waals surface area contributed by atoms with Gasteiger partial charge in [-0.2, -0.15) is 0 Å². The predicted octanol–water partition coefficient (Wildman–Crippen LogP) is 5.43. The van der Waals surface area contributed by atoms with Gasteiger partial charge in [-0.1, -0.05) is 31.2 Å². The predicted molar refractivity (Wildman–Crippen MR) is 105 cm³/mol. The summed E-state index contributed by atoms with van der Waals surface area (Å²) < 4.78 is 7.92. The van der Waals surface area contributed by atoms with E-state index in [2.05, 4.69) is 35.8 Å². The summed E-state index contributed by atoms with van der Waals surface area (Å²) in [4.78, 5) is 9.10. The summed E-state index contributed by atoms with van der Waals surface area (Å²) >= 11 is 8.07. The van der Waals surface area contributed by atoms with Gasteiger partial charge >= 0.3 is 0 Å². The molecule has 0 unspecified atom stereocenters. The lowest BCUT2D eigenvalue weighted by atomic mass is 10.2. The Balaban J connectivity index is 1.90. The number of pyridine rings is 1. The minimum absolute atomic E-state index is 0.485. The van der Waals surface area contributed by atoms with Gasteiger partial charge in [-0.05, 0) is 19.0 Å². The van der Waals surface area contributed by atoms with Crippen LogP contribution in [-0.2, 0) is 11.5 Å². The van der Waals surface area contributed by atoms with E-state index in [0.717, 1.165) is 39.9 Å². The first-order valence-corrected chi connectivity index (χ1v) is 13.0. The summed E-state index contributed by atoms with van der Waals surface area (Å²) in [6.07, 6.45) is 3.79. The van der Waals surface area contributed by atoms with Crippen molar-refractivity contribution in [3.63, 3.8) is 0 Å². The average molecular weight is 380 g/mol. The third kappa shape index (κ3) is 3.88. The third-order valence-electron chi connectivity index (χ3n) is 3.78. The van der Waals surface area contributed by atoms with E-state index in [9.17, 15) is 0 Å². The molecule has 0 aromatic carbocycles. The van der Waals surface area contributed by atoms with Gasteiger partial charge in [0.15, 0.2) is 0 Å². The number of halogens is 1. The number of hydrogen-bond donors (Lipinski definition) is 0. The fourth-order valence-corrected chi connectivity index (χ4v) is 4.27. The summed E-state index contributed by atoms with van der Waals surface area (Å²) in [7, 11) is -1.08. The highest BCUT2D eigenvalue weighted by Crippen LogP contribution is 2.35. The van der Waals surface area contributed by atoms with Crippen LogP contribution in [0.3, 0.4) is 0 Å². The molecule has 24 heavy (non-hydrogen) atoms. The molecule has 0 amide bonds. The van der Waals surface area contributed by atoms with Crippen LogP contribution >= 0.6 is 22.9 Å². The monoisotopic (exact) mass is 379 g/mol. The highest BCUT2D eigenvalue weighted by Gasteiger charge is 2.17. The standard InChI is InChI=1S/C17H22ClN3OSSi/c1-12-10-23-17(20-12)13-9-21(11-22-7-8-24(2,3)4)16-15(13)14(18)5-6-19-16/h5-6,9-10H,7-8,11H2,1-4H3. The van der Waals surface area contributed by atoms with E-state index in [0.29, 0.717) is 11.8 Å². The molecule has 0 spiro atoms. The molecule has 0 radical (unpaired) electrons. The van der Waals surface area contributed by atoms with E-state index >= 15 is 0 Å². The number of aromatic nitrogens is 3. The number of thiazole rings is 1. The van der Waals surface area contributed by atoms with Crippen molar-refractivity contribution < 1.29 is 4.74 Å². The second kappa shape index (κ2) is 6.96. The molecule has 0 saturated carbocycles. The summed E-state index contributed by atoms with van der Waals surface area (Å²) in [5, 5.41) is 4.66. The summed E-state index contributed by atoms with van der Waals surface area (Å²) in [5.74, 6) is 0. The largest absolute Gasteiger partial charge is 0.361 e. The van der Waals surface area contributed by atoms with Crippen molar-refractivity contribution in [1.82, 2.24) is 14.5 Å². The van der Waals surface area contributed by atoms with Gasteiger partial charge in [-0.3, -0.25) is 0 Å². The Morgan fingerprint density at radius 1 is 1.33 bits per heavy atom. The number of nitrogens with zero attached hydrogens (tertiary/aromatic N) is 3. The van der Waals surface area contributed by atoms with Crippen LogP contribution in [0.4, 0.5) is 0 Å². The summed E-state index contributed by atoms with van der Waals surface area (Å²) in [5.41, 5.74) is 2.88. The minimum Gasteiger partial charge on any atom is -0.361 e. The Labute approximate surface area is 152 Å². The third-order valence-corrected chi connectivity index (χ3v) is 6.80. The van der Waals surface area contributed by atoms with Crippen LogP contribution in [0.15, 0.2) is 23.8 Å². The smallest absolute Gasteiger partial charge is 0.143 e. The van der Waals surface area contributed by atoms with E-state index in [-0.39, 0.29) is 0 Å². The van der Waals surface area contributed by atoms with E-state index in [1.165, 1.54) is 0 Å². The molecule has 0 saturated heterocycles. The molecule has 3 aromatic rings. The first-order chi connectivity index (χ1) is 11.3. The van der Waals surface area contributed by atoms with Crippen LogP contribution in [-0.4, -0.2) is 29.2 Å². The second-order valence-electron chi connectivity index (χ2n) is 7.15. The zero-order valence-corrected chi connectivity index (χ0v) is 17.0. The molecule has 0 aliphatic heterocycles. The second-order valence-corrected chi connectivity index (χ2v) is 14.0. The summed E-state index contributed by atoms with van der Waals surface area (Å²) in [6.45, 7) is 10.3. The lowest BCUT2D eigenvalue weighted by Crippen LogP contribution is -2.22. The van der Waals surface area contributed by atoms with Crippen LogP contribution in [0.5, 0.6) is 0 Å². The molecule has 0 aliphatic carbocycles. The van der Waals surface area contributed by atoms with Gasteiger partial charge in [0, 0.05) is 49.1 Å². The SMILES string of the molecule is Cc1csc(-c2cn(COCC[Si](C)(C)C)c3nccc(Cl)c23)n1. The van der Waals surface area contributed by atoms with Crippen LogP contribution in [0.2, 0.25) is 30.7 Å². The van der Waals surface area contributed by atoms with E-state index < -0.39 is 8.07 Å². The fraction of sp³-hybridized carbons (Fsp3) is 0.412. The molecule has 0 bridgehead atoms. The van der Waals surface area contributed by atoms with Gasteiger partial charge in [0.1, 0.15) is 17.4 Å². The van der Waals surface area contributed by atoms with Gasteiger partial charge in [-0.25, -0.2) is 9.97 Å². The molecule has 0 atom stereocenters. The van der Waals surface area contributed by atoms with Crippen LogP contribution in [0.25, 0.3) is 21.6 Å². The maximum Gasteiger partial charge on any atom is 0.143 e. The van der Waals surface area contributed by atoms with Crippen LogP contribution < -0.4 is 0 Å². The molecule has 128 valence electrons.